The van der Waals surface area contributed by atoms with Gasteiger partial charge in [-0.15, -0.1) is 0 Å². The lowest BCUT2D eigenvalue weighted by atomic mass is 9.94. The normalized spacial score (nSPS) is 21.3. The van der Waals surface area contributed by atoms with Crippen LogP contribution in [0.1, 0.15) is 33.6 Å². The first-order chi connectivity index (χ1) is 11.1. The van der Waals surface area contributed by atoms with Gasteiger partial charge in [-0.05, 0) is 57.9 Å². The second-order valence-electron chi connectivity index (χ2n) is 6.93. The summed E-state index contributed by atoms with van der Waals surface area (Å²) >= 11 is 5.79. The van der Waals surface area contributed by atoms with Gasteiger partial charge < -0.3 is 15.0 Å². The van der Waals surface area contributed by atoms with Crippen LogP contribution in [-0.4, -0.2) is 41.3 Å². The van der Waals surface area contributed by atoms with Gasteiger partial charge in [-0.1, -0.05) is 11.6 Å². The molecular weight excluding hydrogens is 335 g/mol. The highest BCUT2D eigenvalue weighted by Crippen LogP contribution is 2.28. The van der Waals surface area contributed by atoms with Gasteiger partial charge in [0.2, 0.25) is 5.67 Å². The average molecular weight is 357 g/mol. The van der Waals surface area contributed by atoms with E-state index in [4.69, 9.17) is 16.3 Å². The average Bonchev–Trinajstić information content (AvgIpc) is 2.48. The molecular formula is C17H22ClFN2O3. The minimum absolute atomic E-state index is 0.0612. The molecule has 1 aromatic carbocycles. The number of alkyl halides is 1. The molecule has 132 valence electrons. The summed E-state index contributed by atoms with van der Waals surface area (Å²) in [5.41, 5.74) is -2.36. The molecule has 1 saturated heterocycles. The molecule has 1 atom stereocenters. The molecule has 0 bridgehead atoms. The van der Waals surface area contributed by atoms with E-state index < -0.39 is 23.3 Å². The lowest BCUT2D eigenvalue weighted by Crippen LogP contribution is -2.54. The van der Waals surface area contributed by atoms with Gasteiger partial charge in [0.15, 0.2) is 0 Å². The summed E-state index contributed by atoms with van der Waals surface area (Å²) < 4.78 is 20.3. The van der Waals surface area contributed by atoms with Crippen LogP contribution >= 0.6 is 11.6 Å². The first-order valence-corrected chi connectivity index (χ1v) is 8.21. The van der Waals surface area contributed by atoms with Gasteiger partial charge in [0.1, 0.15) is 5.60 Å². The number of likely N-dealkylation sites (tertiary alicyclic amines) is 1. The van der Waals surface area contributed by atoms with Crippen molar-refractivity contribution in [3.63, 3.8) is 0 Å². The minimum Gasteiger partial charge on any atom is -0.444 e. The Morgan fingerprint density at radius 2 is 1.92 bits per heavy atom. The number of piperidine rings is 1. The fourth-order valence-electron chi connectivity index (χ4n) is 2.45. The van der Waals surface area contributed by atoms with Crippen LogP contribution in [0.15, 0.2) is 24.3 Å². The number of anilines is 1. The maximum Gasteiger partial charge on any atom is 0.410 e. The van der Waals surface area contributed by atoms with E-state index in [-0.39, 0.29) is 13.0 Å². The smallest absolute Gasteiger partial charge is 0.410 e. The molecule has 0 aliphatic carbocycles. The predicted octanol–water partition coefficient (Wildman–Crippen LogP) is 4.02. The van der Waals surface area contributed by atoms with Crippen LogP contribution in [0.5, 0.6) is 0 Å². The molecule has 24 heavy (non-hydrogen) atoms. The zero-order valence-electron chi connectivity index (χ0n) is 14.1. The van der Waals surface area contributed by atoms with Crippen LogP contribution in [0, 0.1) is 0 Å². The molecule has 7 heteroatoms. The van der Waals surface area contributed by atoms with Gasteiger partial charge in [-0.2, -0.15) is 0 Å². The molecule has 0 saturated carbocycles. The zero-order valence-corrected chi connectivity index (χ0v) is 14.8. The quantitative estimate of drug-likeness (QED) is 0.870. The van der Waals surface area contributed by atoms with Crippen molar-refractivity contribution >= 4 is 29.3 Å². The van der Waals surface area contributed by atoms with Gasteiger partial charge in [0.05, 0.1) is 6.54 Å². The maximum absolute atomic E-state index is 15.1. The number of nitrogens with zero attached hydrogens (tertiary/aromatic N) is 1. The number of hydrogen-bond acceptors (Lipinski definition) is 3. The van der Waals surface area contributed by atoms with Crippen molar-refractivity contribution in [3.05, 3.63) is 29.3 Å². The number of amides is 2. The molecule has 5 nitrogen and oxygen atoms in total. The van der Waals surface area contributed by atoms with Gasteiger partial charge >= 0.3 is 6.09 Å². The van der Waals surface area contributed by atoms with Gasteiger partial charge in [-0.3, -0.25) is 4.79 Å². The summed E-state index contributed by atoms with van der Waals surface area (Å²) in [6.07, 6.45) is -0.154. The summed E-state index contributed by atoms with van der Waals surface area (Å²) in [6.45, 7) is 5.27. The molecule has 1 unspecified atom stereocenters. The SMILES string of the molecule is CC(C)(C)OC(=O)N1CCCC(F)(C(=O)Nc2ccc(Cl)cc2)C1. The molecule has 2 amide bonds. The van der Waals surface area contributed by atoms with Crippen molar-refractivity contribution in [2.75, 3.05) is 18.4 Å². The summed E-state index contributed by atoms with van der Waals surface area (Å²) in [4.78, 5) is 25.7. The van der Waals surface area contributed by atoms with Crippen LogP contribution in [-0.2, 0) is 9.53 Å². The van der Waals surface area contributed by atoms with E-state index in [1.807, 2.05) is 0 Å². The van der Waals surface area contributed by atoms with E-state index in [0.29, 0.717) is 23.7 Å². The topological polar surface area (TPSA) is 58.6 Å². The zero-order chi connectivity index (χ0) is 18.0. The number of hydrogen-bond donors (Lipinski definition) is 1. The van der Waals surface area contributed by atoms with Crippen LogP contribution in [0.2, 0.25) is 5.02 Å². The lowest BCUT2D eigenvalue weighted by molar-refractivity contribution is -0.130. The van der Waals surface area contributed by atoms with E-state index in [1.165, 1.54) is 4.90 Å². The standard InChI is InChI=1S/C17H22ClFN2O3/c1-16(2,3)24-15(23)21-10-4-9-17(19,11-21)14(22)20-13-7-5-12(18)6-8-13/h5-8H,4,9-11H2,1-3H3,(H,20,22). The van der Waals surface area contributed by atoms with Crippen molar-refractivity contribution in [2.45, 2.75) is 44.9 Å². The van der Waals surface area contributed by atoms with E-state index in [9.17, 15) is 9.59 Å². The maximum atomic E-state index is 15.1. The second kappa shape index (κ2) is 6.97. The Morgan fingerprint density at radius 3 is 2.50 bits per heavy atom. The summed E-state index contributed by atoms with van der Waals surface area (Å²) in [5, 5.41) is 3.06. The first kappa shape index (κ1) is 18.5. The number of nitrogens with one attached hydrogen (secondary N) is 1. The highest BCUT2D eigenvalue weighted by atomic mass is 35.5. The third kappa shape index (κ3) is 4.84. The molecule has 0 spiro atoms. The molecule has 1 aliphatic rings. The summed E-state index contributed by atoms with van der Waals surface area (Å²) in [7, 11) is 0. The predicted molar refractivity (Wildman–Crippen MR) is 91.0 cm³/mol. The van der Waals surface area contributed by atoms with Gasteiger partial charge in [0.25, 0.3) is 5.91 Å². The third-order valence-electron chi connectivity index (χ3n) is 3.60. The van der Waals surface area contributed by atoms with Crippen LogP contribution in [0.4, 0.5) is 14.9 Å². The monoisotopic (exact) mass is 356 g/mol. The molecule has 1 fully saturated rings. The molecule has 2 rings (SSSR count). The van der Waals surface area contributed by atoms with Crippen LogP contribution in [0.25, 0.3) is 0 Å². The molecule has 0 radical (unpaired) electrons. The highest BCUT2D eigenvalue weighted by Gasteiger charge is 2.44. The van der Waals surface area contributed by atoms with E-state index in [0.717, 1.165) is 0 Å². The van der Waals surface area contributed by atoms with Crippen molar-refractivity contribution in [3.8, 4) is 0 Å². The Kier molecular flexibility index (Phi) is 5.38. The Morgan fingerprint density at radius 1 is 1.29 bits per heavy atom. The number of rotatable bonds is 2. The Balaban J connectivity index is 2.03. The Hall–Kier alpha value is -1.82. The number of halogens is 2. The lowest BCUT2D eigenvalue weighted by Gasteiger charge is -2.37. The number of carbonyl (C=O) groups excluding carboxylic acids is 2. The summed E-state index contributed by atoms with van der Waals surface area (Å²) in [6, 6.07) is 6.40. The van der Waals surface area contributed by atoms with Crippen molar-refractivity contribution in [1.29, 1.82) is 0 Å². The number of carbonyl (C=O) groups is 2. The Bertz CT molecular complexity index is 615. The van der Waals surface area contributed by atoms with Gasteiger partial charge in [-0.25, -0.2) is 9.18 Å². The van der Waals surface area contributed by atoms with Crippen molar-refractivity contribution < 1.29 is 18.7 Å². The Labute approximate surface area is 146 Å². The van der Waals surface area contributed by atoms with E-state index in [1.54, 1.807) is 45.0 Å². The molecule has 1 heterocycles. The molecule has 1 N–H and O–H groups in total. The highest BCUT2D eigenvalue weighted by molar-refractivity contribution is 6.30. The van der Waals surface area contributed by atoms with E-state index in [2.05, 4.69) is 5.32 Å². The number of benzene rings is 1. The fraction of sp³-hybridized carbons (Fsp3) is 0.529. The van der Waals surface area contributed by atoms with Crippen molar-refractivity contribution in [2.24, 2.45) is 0 Å². The van der Waals surface area contributed by atoms with Crippen molar-refractivity contribution in [1.82, 2.24) is 4.90 Å². The molecule has 0 aromatic heterocycles. The second-order valence-corrected chi connectivity index (χ2v) is 7.37. The summed E-state index contributed by atoms with van der Waals surface area (Å²) in [5.74, 6) is -0.766. The first-order valence-electron chi connectivity index (χ1n) is 7.83. The number of ether oxygens (including phenoxy) is 1. The third-order valence-corrected chi connectivity index (χ3v) is 3.86. The van der Waals surface area contributed by atoms with Crippen LogP contribution < -0.4 is 5.32 Å². The fourth-order valence-corrected chi connectivity index (χ4v) is 2.58. The van der Waals surface area contributed by atoms with Crippen LogP contribution in [0.3, 0.4) is 0 Å². The largest absolute Gasteiger partial charge is 0.444 e. The molecule has 1 aliphatic heterocycles. The molecule has 1 aromatic rings. The minimum atomic E-state index is -2.14. The van der Waals surface area contributed by atoms with E-state index >= 15 is 4.39 Å². The van der Waals surface area contributed by atoms with Gasteiger partial charge in [0, 0.05) is 17.3 Å².